The third-order valence-corrected chi connectivity index (χ3v) is 12.3. The van der Waals surface area contributed by atoms with Gasteiger partial charge in [-0.3, -0.25) is 0 Å². The van der Waals surface area contributed by atoms with E-state index < -0.39 is 0 Å². The van der Waals surface area contributed by atoms with Crippen LogP contribution in [0.1, 0.15) is 0 Å². The smallest absolute Gasteiger partial charge is 0.167 e. The second kappa shape index (κ2) is 12.6. The number of benzene rings is 8. The average molecular weight is 747 g/mol. The van der Waals surface area contributed by atoms with E-state index >= 15 is 0 Å². The lowest BCUT2D eigenvalue weighted by Crippen LogP contribution is -2.01. The summed E-state index contributed by atoms with van der Waals surface area (Å²) in [5.41, 5.74) is 9.85. The van der Waals surface area contributed by atoms with Crippen LogP contribution in [0.15, 0.2) is 186 Å². The van der Waals surface area contributed by atoms with E-state index in [2.05, 4.69) is 150 Å². The van der Waals surface area contributed by atoms with Crippen LogP contribution in [0.4, 0.5) is 0 Å². The Balaban J connectivity index is 1.06. The molecule has 0 N–H and O–H groups in total. The average Bonchev–Trinajstić information content (AvgIpc) is 3.96. The summed E-state index contributed by atoms with van der Waals surface area (Å²) >= 11 is 1.87. The van der Waals surface area contributed by atoms with Gasteiger partial charge in [0.2, 0.25) is 0 Å². The Morgan fingerprint density at radius 3 is 1.95 bits per heavy atom. The number of rotatable bonds is 5. The third-order valence-electron chi connectivity index (χ3n) is 11.1. The topological polar surface area (TPSA) is 56.7 Å². The monoisotopic (exact) mass is 746 g/mol. The third kappa shape index (κ3) is 5.04. The Kier molecular flexibility index (Phi) is 7.03. The van der Waals surface area contributed by atoms with Gasteiger partial charge in [-0.15, -0.1) is 11.3 Å². The molecule has 0 radical (unpaired) electrons. The molecule has 0 aliphatic rings. The van der Waals surface area contributed by atoms with E-state index in [1.165, 1.54) is 36.5 Å². The Morgan fingerprint density at radius 1 is 0.421 bits per heavy atom. The predicted octanol–water partition coefficient (Wildman–Crippen LogP) is 13.9. The van der Waals surface area contributed by atoms with Crippen molar-refractivity contribution in [1.82, 2.24) is 19.5 Å². The lowest BCUT2D eigenvalue weighted by Gasteiger charge is -2.12. The molecule has 0 saturated heterocycles. The minimum absolute atomic E-state index is 0.557. The molecule has 12 aromatic rings. The standard InChI is InChI=1S/C51H30N4OS/c1-2-12-31(13-3-1)32-24-26-33(27-25-32)49-52-50(54-51(53-49)41-20-11-19-38-36-16-5-8-22-44(36)56-47(38)41)34-14-10-15-35(30-34)55-42-21-7-4-18-40(42)46-43(55)29-28-39-37-17-6-9-23-45(37)57-48(39)46/h1-30H. The molecule has 0 fully saturated rings. The Bertz CT molecular complexity index is 3520. The van der Waals surface area contributed by atoms with E-state index in [-0.39, 0.29) is 0 Å². The number of hydrogen-bond acceptors (Lipinski definition) is 5. The molecule has 4 heterocycles. The first-order valence-corrected chi connectivity index (χ1v) is 19.8. The summed E-state index contributed by atoms with van der Waals surface area (Å²) in [6.07, 6.45) is 0. The van der Waals surface area contributed by atoms with Crippen LogP contribution in [0.2, 0.25) is 0 Å². The van der Waals surface area contributed by atoms with E-state index in [9.17, 15) is 0 Å². The van der Waals surface area contributed by atoms with E-state index in [1.54, 1.807) is 0 Å². The summed E-state index contributed by atoms with van der Waals surface area (Å²) in [5.74, 6) is 1.74. The predicted molar refractivity (Wildman–Crippen MR) is 236 cm³/mol. The van der Waals surface area contributed by atoms with Crippen molar-refractivity contribution in [2.75, 3.05) is 0 Å². The van der Waals surface area contributed by atoms with Crippen LogP contribution in [-0.4, -0.2) is 19.5 Å². The van der Waals surface area contributed by atoms with Gasteiger partial charge < -0.3 is 8.98 Å². The summed E-state index contributed by atoms with van der Waals surface area (Å²) in [4.78, 5) is 15.5. The van der Waals surface area contributed by atoms with Crippen molar-refractivity contribution < 1.29 is 4.42 Å². The Labute approximate surface area is 330 Å². The number of nitrogens with zero attached hydrogens (tertiary/aromatic N) is 4. The van der Waals surface area contributed by atoms with Gasteiger partial charge in [-0.05, 0) is 53.6 Å². The first-order valence-electron chi connectivity index (χ1n) is 19.0. The van der Waals surface area contributed by atoms with E-state index in [1.807, 2.05) is 47.7 Å². The Morgan fingerprint density at radius 2 is 1.07 bits per heavy atom. The highest BCUT2D eigenvalue weighted by Gasteiger charge is 2.20. The molecule has 12 rings (SSSR count). The fourth-order valence-electron chi connectivity index (χ4n) is 8.42. The maximum absolute atomic E-state index is 6.49. The van der Waals surface area contributed by atoms with E-state index in [0.29, 0.717) is 17.5 Å². The minimum Gasteiger partial charge on any atom is -0.455 e. The molecule has 0 aliphatic heterocycles. The zero-order valence-electron chi connectivity index (χ0n) is 30.4. The van der Waals surface area contributed by atoms with Gasteiger partial charge in [0.15, 0.2) is 17.5 Å². The lowest BCUT2D eigenvalue weighted by molar-refractivity contribution is 0.669. The van der Waals surface area contributed by atoms with Crippen molar-refractivity contribution in [3.05, 3.63) is 182 Å². The number of fused-ring (bicyclic) bond motifs is 10. The Hall–Kier alpha value is -7.41. The number of furan rings is 1. The molecule has 0 amide bonds. The highest BCUT2D eigenvalue weighted by molar-refractivity contribution is 7.26. The van der Waals surface area contributed by atoms with Crippen molar-refractivity contribution in [1.29, 1.82) is 0 Å². The number of aromatic nitrogens is 4. The number of thiophene rings is 1. The maximum atomic E-state index is 6.49. The molecule has 0 saturated carbocycles. The number of hydrogen-bond donors (Lipinski definition) is 0. The maximum Gasteiger partial charge on any atom is 0.167 e. The highest BCUT2D eigenvalue weighted by atomic mass is 32.1. The van der Waals surface area contributed by atoms with Crippen molar-refractivity contribution in [3.8, 4) is 51.0 Å². The lowest BCUT2D eigenvalue weighted by atomic mass is 10.0. The van der Waals surface area contributed by atoms with Crippen molar-refractivity contribution in [2.24, 2.45) is 0 Å². The van der Waals surface area contributed by atoms with Gasteiger partial charge in [0.25, 0.3) is 0 Å². The zero-order chi connectivity index (χ0) is 37.5. The highest BCUT2D eigenvalue weighted by Crippen LogP contribution is 2.43. The molecule has 0 aliphatic carbocycles. The molecule has 6 heteroatoms. The van der Waals surface area contributed by atoms with Gasteiger partial charge in [-0.1, -0.05) is 140 Å². The molecule has 8 aromatic carbocycles. The number of para-hydroxylation sites is 3. The molecule has 0 unspecified atom stereocenters. The molecular weight excluding hydrogens is 717 g/mol. The largest absolute Gasteiger partial charge is 0.455 e. The molecule has 5 nitrogen and oxygen atoms in total. The van der Waals surface area contributed by atoms with Crippen LogP contribution in [0, 0.1) is 0 Å². The summed E-state index contributed by atoms with van der Waals surface area (Å²) in [6.45, 7) is 0. The molecule has 57 heavy (non-hydrogen) atoms. The first-order chi connectivity index (χ1) is 28.2. The van der Waals surface area contributed by atoms with Gasteiger partial charge in [0.1, 0.15) is 11.2 Å². The van der Waals surface area contributed by atoms with Crippen LogP contribution < -0.4 is 0 Å². The van der Waals surface area contributed by atoms with Crippen LogP contribution >= 0.6 is 11.3 Å². The molecule has 0 spiro atoms. The SMILES string of the molecule is c1ccc(-c2ccc(-c3nc(-c4cccc(-n5c6ccccc6c6c7sc8ccccc8c7ccc65)c4)nc(-c4cccc5c4oc4ccccc45)n3)cc2)cc1. The molecular formula is C51H30N4OS. The summed E-state index contributed by atoms with van der Waals surface area (Å²) in [5, 5.41) is 7.19. The molecule has 266 valence electrons. The first kappa shape index (κ1) is 31.9. The molecule has 4 aromatic heterocycles. The van der Waals surface area contributed by atoms with Crippen LogP contribution in [0.5, 0.6) is 0 Å². The van der Waals surface area contributed by atoms with Gasteiger partial charge in [-0.2, -0.15) is 0 Å². The fraction of sp³-hybridized carbons (Fsp3) is 0. The van der Waals surface area contributed by atoms with Crippen molar-refractivity contribution in [3.63, 3.8) is 0 Å². The van der Waals surface area contributed by atoms with E-state index in [4.69, 9.17) is 19.4 Å². The molecule has 0 atom stereocenters. The van der Waals surface area contributed by atoms with Gasteiger partial charge in [0.05, 0.1) is 16.6 Å². The van der Waals surface area contributed by atoms with Crippen LogP contribution in [0.3, 0.4) is 0 Å². The zero-order valence-corrected chi connectivity index (χ0v) is 31.2. The summed E-state index contributed by atoms with van der Waals surface area (Å²) in [7, 11) is 0. The van der Waals surface area contributed by atoms with Gasteiger partial charge in [-0.25, -0.2) is 15.0 Å². The van der Waals surface area contributed by atoms with Crippen LogP contribution in [0.25, 0.3) is 115 Å². The second-order valence-electron chi connectivity index (χ2n) is 14.4. The summed E-state index contributed by atoms with van der Waals surface area (Å²) < 4.78 is 11.5. The molecule has 0 bridgehead atoms. The second-order valence-corrected chi connectivity index (χ2v) is 15.4. The fourth-order valence-corrected chi connectivity index (χ4v) is 9.68. The normalized spacial score (nSPS) is 11.9. The van der Waals surface area contributed by atoms with Gasteiger partial charge in [0, 0.05) is 58.5 Å². The van der Waals surface area contributed by atoms with Crippen molar-refractivity contribution in [2.45, 2.75) is 0 Å². The van der Waals surface area contributed by atoms with E-state index in [0.717, 1.165) is 61.0 Å². The summed E-state index contributed by atoms with van der Waals surface area (Å²) in [6, 6.07) is 63.7. The van der Waals surface area contributed by atoms with Crippen molar-refractivity contribution >= 4 is 75.3 Å². The van der Waals surface area contributed by atoms with Gasteiger partial charge >= 0.3 is 0 Å². The quantitative estimate of drug-likeness (QED) is 0.176. The minimum atomic E-state index is 0.557. The van der Waals surface area contributed by atoms with Crippen LogP contribution in [-0.2, 0) is 0 Å².